The summed E-state index contributed by atoms with van der Waals surface area (Å²) < 4.78 is 11.5. The summed E-state index contributed by atoms with van der Waals surface area (Å²) in [6.45, 7) is 8.82. The van der Waals surface area contributed by atoms with Crippen LogP contribution in [0.3, 0.4) is 0 Å². The fraction of sp³-hybridized carbons (Fsp3) is 0.708. The van der Waals surface area contributed by atoms with Crippen LogP contribution < -0.4 is 9.47 Å². The summed E-state index contributed by atoms with van der Waals surface area (Å²) >= 11 is 0. The van der Waals surface area contributed by atoms with Crippen LogP contribution in [0.4, 0.5) is 0 Å². The summed E-state index contributed by atoms with van der Waals surface area (Å²) in [7, 11) is 1.65. The zero-order valence-electron chi connectivity index (χ0n) is 19.2. The molecule has 1 N–H and O–H groups in total. The molecule has 0 radical (unpaired) electrons. The quantitative estimate of drug-likeness (QED) is 0.679. The van der Waals surface area contributed by atoms with Gasteiger partial charge in [-0.15, -0.1) is 0 Å². The second-order valence-electron chi connectivity index (χ2n) is 8.80. The van der Waals surface area contributed by atoms with Gasteiger partial charge in [-0.1, -0.05) is 25.3 Å². The number of aliphatic hydroxyl groups is 1. The van der Waals surface area contributed by atoms with Crippen molar-refractivity contribution in [2.24, 2.45) is 0 Å². The van der Waals surface area contributed by atoms with Crippen molar-refractivity contribution in [1.29, 1.82) is 0 Å². The average Bonchev–Trinajstić information content (AvgIpc) is 2.75. The number of amides is 1. The number of rotatable bonds is 8. The fourth-order valence-electron chi connectivity index (χ4n) is 4.44. The highest BCUT2D eigenvalue weighted by atomic mass is 16.5. The number of hydrogen-bond donors (Lipinski definition) is 1. The van der Waals surface area contributed by atoms with E-state index < -0.39 is 6.10 Å². The molecule has 1 aromatic rings. The maximum atomic E-state index is 11.5. The fourth-order valence-corrected chi connectivity index (χ4v) is 4.44. The van der Waals surface area contributed by atoms with Crippen LogP contribution in [0, 0.1) is 0 Å². The maximum Gasteiger partial charge on any atom is 0.219 e. The van der Waals surface area contributed by atoms with Crippen molar-refractivity contribution in [3.05, 3.63) is 23.8 Å². The Kier molecular flexibility index (Phi) is 9.43. The van der Waals surface area contributed by atoms with E-state index in [1.165, 1.54) is 32.1 Å². The van der Waals surface area contributed by atoms with Crippen molar-refractivity contribution in [1.82, 2.24) is 14.7 Å². The molecule has 1 amide bonds. The lowest BCUT2D eigenvalue weighted by Crippen LogP contribution is -2.47. The second kappa shape index (κ2) is 12.3. The van der Waals surface area contributed by atoms with E-state index in [-0.39, 0.29) is 12.5 Å². The topological polar surface area (TPSA) is 65.5 Å². The largest absolute Gasteiger partial charge is 0.493 e. The highest BCUT2D eigenvalue weighted by molar-refractivity contribution is 5.73. The summed E-state index contributed by atoms with van der Waals surface area (Å²) in [5, 5.41) is 10.5. The number of β-amino-alcohol motifs (C(OH)–C–C–N with tert-alkyl or cyclic N) is 1. The maximum absolute atomic E-state index is 11.5. The lowest BCUT2D eigenvalue weighted by molar-refractivity contribution is -0.130. The summed E-state index contributed by atoms with van der Waals surface area (Å²) in [5.74, 6) is 1.51. The smallest absolute Gasteiger partial charge is 0.219 e. The van der Waals surface area contributed by atoms with Crippen LogP contribution in [0.15, 0.2) is 18.2 Å². The van der Waals surface area contributed by atoms with Gasteiger partial charge in [0.25, 0.3) is 0 Å². The Balaban J connectivity index is 1.47. The molecule has 0 aliphatic carbocycles. The van der Waals surface area contributed by atoms with Gasteiger partial charge >= 0.3 is 0 Å². The molecule has 2 aliphatic heterocycles. The van der Waals surface area contributed by atoms with Crippen LogP contribution in [-0.4, -0.2) is 91.3 Å². The third-order valence-electron chi connectivity index (χ3n) is 6.30. The normalized spacial score (nSPS) is 20.0. The number of nitrogens with zero attached hydrogens (tertiary/aromatic N) is 3. The predicted molar refractivity (Wildman–Crippen MR) is 122 cm³/mol. The Morgan fingerprint density at radius 1 is 0.968 bits per heavy atom. The molecule has 2 fully saturated rings. The minimum atomic E-state index is -0.513. The lowest BCUT2D eigenvalue weighted by Gasteiger charge is -2.34. The van der Waals surface area contributed by atoms with E-state index >= 15 is 0 Å². The molecule has 1 unspecified atom stereocenters. The van der Waals surface area contributed by atoms with Crippen LogP contribution in [-0.2, 0) is 11.3 Å². The summed E-state index contributed by atoms with van der Waals surface area (Å²) in [6.07, 6.45) is 5.84. The first kappa shape index (κ1) is 23.8. The summed E-state index contributed by atoms with van der Waals surface area (Å²) in [5.41, 5.74) is 1.15. The number of benzene rings is 1. The first-order valence-electron chi connectivity index (χ1n) is 11.7. The molecule has 0 bridgehead atoms. The van der Waals surface area contributed by atoms with E-state index in [1.807, 2.05) is 17.0 Å². The Bertz CT molecular complexity index is 683. The molecule has 1 aromatic carbocycles. The van der Waals surface area contributed by atoms with Gasteiger partial charge in [-0.25, -0.2) is 0 Å². The number of aliphatic hydroxyl groups excluding tert-OH is 1. The van der Waals surface area contributed by atoms with Crippen LogP contribution in [0.2, 0.25) is 0 Å². The van der Waals surface area contributed by atoms with Crippen molar-refractivity contribution in [2.45, 2.75) is 51.7 Å². The van der Waals surface area contributed by atoms with Crippen molar-refractivity contribution in [2.75, 3.05) is 59.5 Å². The molecule has 0 aromatic heterocycles. The zero-order chi connectivity index (χ0) is 22.1. The molecule has 0 spiro atoms. The van der Waals surface area contributed by atoms with E-state index in [9.17, 15) is 9.90 Å². The molecular weight excluding hydrogens is 394 g/mol. The summed E-state index contributed by atoms with van der Waals surface area (Å²) in [6, 6.07) is 6.00. The number of piperazine rings is 1. The number of likely N-dealkylation sites (tertiary alicyclic amines) is 1. The Labute approximate surface area is 186 Å². The third-order valence-corrected chi connectivity index (χ3v) is 6.30. The first-order chi connectivity index (χ1) is 15.0. The molecular formula is C24H39N3O4. The van der Waals surface area contributed by atoms with E-state index in [4.69, 9.17) is 9.47 Å². The van der Waals surface area contributed by atoms with Gasteiger partial charge in [0.15, 0.2) is 11.5 Å². The van der Waals surface area contributed by atoms with Crippen molar-refractivity contribution < 1.29 is 19.4 Å². The highest BCUT2D eigenvalue weighted by Crippen LogP contribution is 2.29. The van der Waals surface area contributed by atoms with Gasteiger partial charge in [0.05, 0.1) is 7.11 Å². The number of methoxy groups -OCH3 is 1. The number of carbonyl (C=O) groups excluding carboxylic acids is 1. The predicted octanol–water partition coefficient (Wildman–Crippen LogP) is 2.37. The van der Waals surface area contributed by atoms with Crippen molar-refractivity contribution >= 4 is 5.91 Å². The van der Waals surface area contributed by atoms with Gasteiger partial charge in [0.2, 0.25) is 5.91 Å². The molecule has 7 heteroatoms. The van der Waals surface area contributed by atoms with Crippen molar-refractivity contribution in [3.63, 3.8) is 0 Å². The minimum absolute atomic E-state index is 0.149. The third kappa shape index (κ3) is 7.66. The summed E-state index contributed by atoms with van der Waals surface area (Å²) in [4.78, 5) is 18.1. The van der Waals surface area contributed by atoms with E-state index in [0.717, 1.165) is 51.4 Å². The molecule has 31 heavy (non-hydrogen) atoms. The zero-order valence-corrected chi connectivity index (χ0v) is 19.2. The SMILES string of the molecule is COc1cc(CN2CCN(C(C)=O)CC2)ccc1OCC(O)CN1CCCCCCC1. The standard InChI is InChI=1S/C24H39N3O4/c1-20(28)27-14-12-26(13-15-27)17-21-8-9-23(24(16-21)30-2)31-19-22(29)18-25-10-6-4-3-5-7-11-25/h8-9,16,22,29H,3-7,10-15,17-19H2,1-2H3. The van der Waals surface area contributed by atoms with Crippen LogP contribution >= 0.6 is 0 Å². The van der Waals surface area contributed by atoms with Gasteiger partial charge in [0, 0.05) is 46.2 Å². The number of ether oxygens (including phenoxy) is 2. The van der Waals surface area contributed by atoms with Gasteiger partial charge in [-0.3, -0.25) is 9.69 Å². The van der Waals surface area contributed by atoms with E-state index in [1.54, 1.807) is 14.0 Å². The van der Waals surface area contributed by atoms with Gasteiger partial charge in [-0.2, -0.15) is 0 Å². The molecule has 2 saturated heterocycles. The minimum Gasteiger partial charge on any atom is -0.493 e. The molecule has 3 rings (SSSR count). The van der Waals surface area contributed by atoms with Gasteiger partial charge in [0.1, 0.15) is 12.7 Å². The Morgan fingerprint density at radius 3 is 2.29 bits per heavy atom. The average molecular weight is 434 g/mol. The van der Waals surface area contributed by atoms with E-state index in [2.05, 4.69) is 15.9 Å². The van der Waals surface area contributed by atoms with Gasteiger partial charge < -0.3 is 24.4 Å². The Morgan fingerprint density at radius 2 is 1.65 bits per heavy atom. The van der Waals surface area contributed by atoms with Gasteiger partial charge in [-0.05, 0) is 43.6 Å². The number of hydrogen-bond acceptors (Lipinski definition) is 6. The number of carbonyl (C=O) groups is 1. The molecule has 1 atom stereocenters. The molecule has 174 valence electrons. The van der Waals surface area contributed by atoms with Crippen LogP contribution in [0.5, 0.6) is 11.5 Å². The van der Waals surface area contributed by atoms with E-state index in [0.29, 0.717) is 18.0 Å². The Hall–Kier alpha value is -1.83. The van der Waals surface area contributed by atoms with Crippen LogP contribution in [0.1, 0.15) is 44.6 Å². The second-order valence-corrected chi connectivity index (χ2v) is 8.80. The molecule has 2 heterocycles. The lowest BCUT2D eigenvalue weighted by atomic mass is 10.1. The molecule has 0 saturated carbocycles. The molecule has 7 nitrogen and oxygen atoms in total. The monoisotopic (exact) mass is 433 g/mol. The highest BCUT2D eigenvalue weighted by Gasteiger charge is 2.19. The first-order valence-corrected chi connectivity index (χ1v) is 11.7. The van der Waals surface area contributed by atoms with Crippen LogP contribution in [0.25, 0.3) is 0 Å². The molecule has 2 aliphatic rings. The van der Waals surface area contributed by atoms with Crippen molar-refractivity contribution in [3.8, 4) is 11.5 Å².